The zero-order valence-corrected chi connectivity index (χ0v) is 13.9. The van der Waals surface area contributed by atoms with Crippen molar-refractivity contribution in [2.45, 2.75) is 38.5 Å². The summed E-state index contributed by atoms with van der Waals surface area (Å²) in [5.74, 6) is 1.51. The van der Waals surface area contributed by atoms with E-state index in [1.54, 1.807) is 0 Å². The molecule has 132 valence electrons. The maximum atomic E-state index is 12.8. The molecule has 2 N–H and O–H groups in total. The molecular weight excluding hydrogens is 322 g/mol. The second-order valence-electron chi connectivity index (χ2n) is 7.87. The highest BCUT2D eigenvalue weighted by atomic mass is 16.6. The largest absolute Gasteiger partial charge is 0.502 e. The van der Waals surface area contributed by atoms with E-state index in [0.29, 0.717) is 17.8 Å². The van der Waals surface area contributed by atoms with Crippen LogP contribution in [0.4, 0.5) is 5.69 Å². The van der Waals surface area contributed by atoms with Gasteiger partial charge in [0.25, 0.3) is 0 Å². The molecule has 4 saturated carbocycles. The van der Waals surface area contributed by atoms with Crippen molar-refractivity contribution in [3.05, 3.63) is 33.9 Å². The first kappa shape index (κ1) is 16.1. The lowest BCUT2D eigenvalue weighted by atomic mass is 9.49. The monoisotopic (exact) mass is 343 g/mol. The number of benzene rings is 1. The van der Waals surface area contributed by atoms with Gasteiger partial charge in [-0.1, -0.05) is 6.07 Å². The number of nitro groups is 1. The van der Waals surface area contributed by atoms with Crippen LogP contribution in [0.5, 0.6) is 5.75 Å². The number of nitrogens with one attached hydrogen (secondary N) is 1. The highest BCUT2D eigenvalue weighted by Crippen LogP contribution is 2.60. The molecule has 25 heavy (non-hydrogen) atoms. The predicted molar refractivity (Wildman–Crippen MR) is 91.1 cm³/mol. The van der Waals surface area contributed by atoms with Crippen molar-refractivity contribution in [2.24, 2.45) is 28.3 Å². The Morgan fingerprint density at radius 1 is 1.24 bits per heavy atom. The van der Waals surface area contributed by atoms with Crippen LogP contribution >= 0.6 is 0 Å². The molecule has 1 aromatic carbocycles. The molecule has 4 bridgehead atoms. The lowest BCUT2D eigenvalue weighted by Crippen LogP contribution is -2.52. The minimum Gasteiger partial charge on any atom is -0.502 e. The summed E-state index contributed by atoms with van der Waals surface area (Å²) in [7, 11) is 0. The second-order valence-corrected chi connectivity index (χ2v) is 7.87. The van der Waals surface area contributed by atoms with Crippen LogP contribution in [0.1, 0.15) is 44.1 Å². The average molecular weight is 343 g/mol. The van der Waals surface area contributed by atoms with Gasteiger partial charge in [-0.05, 0) is 62.3 Å². The molecule has 0 atom stereocenters. The quantitative estimate of drug-likeness (QED) is 0.498. The van der Waals surface area contributed by atoms with E-state index in [-0.39, 0.29) is 22.6 Å². The first-order chi connectivity index (χ1) is 12.0. The van der Waals surface area contributed by atoms with Crippen LogP contribution in [-0.4, -0.2) is 22.2 Å². The fourth-order valence-corrected chi connectivity index (χ4v) is 5.47. The number of aromatic hydroxyl groups is 1. The number of rotatable bonds is 4. The summed E-state index contributed by atoms with van der Waals surface area (Å²) in [6.45, 7) is 0. The summed E-state index contributed by atoms with van der Waals surface area (Å²) < 4.78 is 0. The molecule has 0 aliphatic heterocycles. The minimum atomic E-state index is -0.652. The number of phenols is 1. The van der Waals surface area contributed by atoms with E-state index in [1.807, 2.05) is 0 Å². The number of carbonyl (C=O) groups is 1. The lowest BCUT2D eigenvalue weighted by Gasteiger charge is -2.55. The molecule has 5 rings (SSSR count). The van der Waals surface area contributed by atoms with Gasteiger partial charge in [0.1, 0.15) is 0 Å². The number of carbonyl (C=O) groups excluding carboxylic acids is 1. The molecule has 0 unspecified atom stereocenters. The van der Waals surface area contributed by atoms with Gasteiger partial charge in [0, 0.05) is 11.6 Å². The molecule has 0 heterocycles. The maximum Gasteiger partial charge on any atom is 0.311 e. The van der Waals surface area contributed by atoms with Gasteiger partial charge in [-0.3, -0.25) is 14.9 Å². The Labute approximate surface area is 145 Å². The third-order valence-corrected chi connectivity index (χ3v) is 6.13. The van der Waals surface area contributed by atoms with Crippen molar-refractivity contribution in [1.29, 1.82) is 0 Å². The van der Waals surface area contributed by atoms with E-state index in [4.69, 9.17) is 0 Å². The summed E-state index contributed by atoms with van der Waals surface area (Å²) in [5.41, 5.74) is 2.15. The van der Waals surface area contributed by atoms with Crippen LogP contribution in [0, 0.1) is 33.3 Å². The Morgan fingerprint density at radius 2 is 1.84 bits per heavy atom. The van der Waals surface area contributed by atoms with E-state index >= 15 is 0 Å². The Hall–Kier alpha value is -2.44. The molecule has 0 saturated heterocycles. The zero-order chi connectivity index (χ0) is 17.6. The predicted octanol–water partition coefficient (Wildman–Crippen LogP) is 2.97. The highest BCUT2D eigenvalue weighted by molar-refractivity contribution is 5.88. The SMILES string of the molecule is O=C(NN=Cc1cccc([N+](=O)[O-])c1O)C12CC3CC(CC(C3)C1)C2. The fraction of sp³-hybridized carbons (Fsp3) is 0.556. The van der Waals surface area contributed by atoms with Gasteiger partial charge in [0.05, 0.1) is 16.6 Å². The number of para-hydroxylation sites is 1. The van der Waals surface area contributed by atoms with Gasteiger partial charge in [0.15, 0.2) is 0 Å². The Morgan fingerprint density at radius 3 is 2.40 bits per heavy atom. The van der Waals surface area contributed by atoms with E-state index in [9.17, 15) is 20.0 Å². The number of hydrogen-bond donors (Lipinski definition) is 2. The van der Waals surface area contributed by atoms with Crippen LogP contribution in [-0.2, 0) is 4.79 Å². The van der Waals surface area contributed by atoms with Crippen molar-refractivity contribution in [2.75, 3.05) is 0 Å². The summed E-state index contributed by atoms with van der Waals surface area (Å²) in [4.78, 5) is 22.9. The Kier molecular flexibility index (Phi) is 3.74. The fourth-order valence-electron chi connectivity index (χ4n) is 5.47. The second kappa shape index (κ2) is 5.82. The number of amides is 1. The summed E-state index contributed by atoms with van der Waals surface area (Å²) in [6.07, 6.45) is 7.89. The Balaban J connectivity index is 1.47. The first-order valence-electron chi connectivity index (χ1n) is 8.77. The third-order valence-electron chi connectivity index (χ3n) is 6.13. The number of hydrazone groups is 1. The highest BCUT2D eigenvalue weighted by Gasteiger charge is 2.54. The molecule has 4 fully saturated rings. The van der Waals surface area contributed by atoms with E-state index in [2.05, 4.69) is 10.5 Å². The van der Waals surface area contributed by atoms with Crippen molar-refractivity contribution < 1.29 is 14.8 Å². The number of nitrogens with zero attached hydrogens (tertiary/aromatic N) is 2. The normalized spacial score (nSPS) is 32.9. The van der Waals surface area contributed by atoms with Gasteiger partial charge in [-0.2, -0.15) is 5.10 Å². The average Bonchev–Trinajstić information content (AvgIpc) is 2.54. The van der Waals surface area contributed by atoms with Gasteiger partial charge in [-0.25, -0.2) is 5.43 Å². The topological polar surface area (TPSA) is 105 Å². The maximum absolute atomic E-state index is 12.8. The van der Waals surface area contributed by atoms with Gasteiger partial charge >= 0.3 is 5.69 Å². The summed E-state index contributed by atoms with van der Waals surface area (Å²) >= 11 is 0. The van der Waals surface area contributed by atoms with Crippen LogP contribution in [0.3, 0.4) is 0 Å². The van der Waals surface area contributed by atoms with Gasteiger partial charge in [0.2, 0.25) is 11.7 Å². The molecular formula is C18H21N3O4. The van der Waals surface area contributed by atoms with Crippen molar-refractivity contribution in [3.8, 4) is 5.75 Å². The Bertz CT molecular complexity index is 723. The van der Waals surface area contributed by atoms with Crippen LogP contribution in [0.15, 0.2) is 23.3 Å². The van der Waals surface area contributed by atoms with E-state index in [1.165, 1.54) is 43.7 Å². The molecule has 7 nitrogen and oxygen atoms in total. The lowest BCUT2D eigenvalue weighted by molar-refractivity contribution is -0.385. The van der Waals surface area contributed by atoms with Gasteiger partial charge < -0.3 is 5.11 Å². The molecule has 0 radical (unpaired) electrons. The van der Waals surface area contributed by atoms with E-state index in [0.717, 1.165) is 19.3 Å². The zero-order valence-electron chi connectivity index (χ0n) is 13.9. The number of nitro benzene ring substituents is 1. The number of phenolic OH excluding ortho intramolecular Hbond substituents is 1. The summed E-state index contributed by atoms with van der Waals surface area (Å²) in [6, 6.07) is 4.21. The van der Waals surface area contributed by atoms with Crippen molar-refractivity contribution >= 4 is 17.8 Å². The van der Waals surface area contributed by atoms with Crippen LogP contribution in [0.25, 0.3) is 0 Å². The first-order valence-corrected chi connectivity index (χ1v) is 8.77. The molecule has 1 amide bonds. The standard InChI is InChI=1S/C18H21N3O4/c22-16-14(2-1-3-15(16)21(24)25)10-19-20-17(23)18-7-11-4-12(8-18)6-13(5-11)9-18/h1-3,10-13,22H,4-9H2,(H,20,23). The van der Waals surface area contributed by atoms with Crippen LogP contribution < -0.4 is 5.43 Å². The van der Waals surface area contributed by atoms with E-state index < -0.39 is 10.7 Å². The summed E-state index contributed by atoms with van der Waals surface area (Å²) in [5, 5.41) is 24.7. The molecule has 4 aliphatic carbocycles. The third kappa shape index (κ3) is 2.77. The molecule has 7 heteroatoms. The molecule has 4 aliphatic rings. The van der Waals surface area contributed by atoms with Crippen molar-refractivity contribution in [1.82, 2.24) is 5.43 Å². The molecule has 0 aromatic heterocycles. The van der Waals surface area contributed by atoms with Gasteiger partial charge in [-0.15, -0.1) is 0 Å². The minimum absolute atomic E-state index is 0.0484. The van der Waals surface area contributed by atoms with Crippen LogP contribution in [0.2, 0.25) is 0 Å². The number of hydrogen-bond acceptors (Lipinski definition) is 5. The van der Waals surface area contributed by atoms with Crippen molar-refractivity contribution in [3.63, 3.8) is 0 Å². The smallest absolute Gasteiger partial charge is 0.311 e. The molecule has 0 spiro atoms. The molecule has 1 aromatic rings.